The summed E-state index contributed by atoms with van der Waals surface area (Å²) in [4.78, 5) is 35.5. The van der Waals surface area contributed by atoms with Gasteiger partial charge in [-0.2, -0.15) is 0 Å². The van der Waals surface area contributed by atoms with Gasteiger partial charge < -0.3 is 10.2 Å². The molecule has 3 aromatic rings. The molecular formula is C27H35N5O2. The number of aryl methyl sites for hydroxylation is 2. The summed E-state index contributed by atoms with van der Waals surface area (Å²) < 4.78 is 1.81. The standard InChI is InChI=1S/C27H35N5O2/c1-6-23(25-28-22-14-9-8-13-21(22)26(33)31(25)7-2)30-15-16-32(20(5)17-30)27(34)29-24-18(3)11-10-12-19(24)4/h8-14,20,23H,6-7,15-17H2,1-5H3,(H,29,34). The molecule has 1 aromatic heterocycles. The number of hydrogen-bond donors (Lipinski definition) is 1. The van der Waals surface area contributed by atoms with Crippen molar-refractivity contribution in [1.29, 1.82) is 0 Å². The number of nitrogens with zero attached hydrogens (tertiary/aromatic N) is 4. The van der Waals surface area contributed by atoms with Crippen molar-refractivity contribution in [2.45, 2.75) is 59.7 Å². The van der Waals surface area contributed by atoms with Gasteiger partial charge in [0.25, 0.3) is 5.56 Å². The highest BCUT2D eigenvalue weighted by atomic mass is 16.2. The van der Waals surface area contributed by atoms with Crippen LogP contribution in [0.1, 0.15) is 50.2 Å². The van der Waals surface area contributed by atoms with Gasteiger partial charge in [-0.1, -0.05) is 37.3 Å². The number of para-hydroxylation sites is 2. The van der Waals surface area contributed by atoms with Gasteiger partial charge in [-0.3, -0.25) is 14.3 Å². The van der Waals surface area contributed by atoms with E-state index in [1.54, 1.807) is 4.57 Å². The molecule has 2 unspecified atom stereocenters. The Balaban J connectivity index is 1.55. The predicted molar refractivity (Wildman–Crippen MR) is 137 cm³/mol. The van der Waals surface area contributed by atoms with Crippen molar-refractivity contribution in [3.05, 3.63) is 69.8 Å². The number of piperazine rings is 1. The molecule has 7 nitrogen and oxygen atoms in total. The lowest BCUT2D eigenvalue weighted by Crippen LogP contribution is -2.56. The van der Waals surface area contributed by atoms with E-state index < -0.39 is 0 Å². The van der Waals surface area contributed by atoms with Crippen molar-refractivity contribution in [2.75, 3.05) is 25.0 Å². The number of carbonyl (C=O) groups excluding carboxylic acids is 1. The van der Waals surface area contributed by atoms with Crippen molar-refractivity contribution in [1.82, 2.24) is 19.4 Å². The number of amides is 2. The summed E-state index contributed by atoms with van der Waals surface area (Å²) in [6.45, 7) is 12.9. The minimum Gasteiger partial charge on any atom is -0.319 e. The average molecular weight is 462 g/mol. The third-order valence-corrected chi connectivity index (χ3v) is 6.97. The monoisotopic (exact) mass is 461 g/mol. The van der Waals surface area contributed by atoms with Crippen LogP contribution < -0.4 is 10.9 Å². The smallest absolute Gasteiger partial charge is 0.319 e. The number of aromatic nitrogens is 2. The molecule has 2 aromatic carbocycles. The van der Waals surface area contributed by atoms with Crippen LogP contribution in [-0.4, -0.2) is 51.1 Å². The second-order valence-corrected chi connectivity index (χ2v) is 9.19. The number of carbonyl (C=O) groups is 1. The van der Waals surface area contributed by atoms with Crippen LogP contribution in [0.15, 0.2) is 47.3 Å². The second-order valence-electron chi connectivity index (χ2n) is 9.19. The van der Waals surface area contributed by atoms with Crippen LogP contribution in [0.2, 0.25) is 0 Å². The molecule has 0 saturated carbocycles. The quantitative estimate of drug-likeness (QED) is 0.597. The van der Waals surface area contributed by atoms with Crippen molar-refractivity contribution in [2.24, 2.45) is 0 Å². The third kappa shape index (κ3) is 4.44. The van der Waals surface area contributed by atoms with E-state index in [4.69, 9.17) is 4.98 Å². The number of benzene rings is 2. The molecule has 180 valence electrons. The molecule has 1 saturated heterocycles. The highest BCUT2D eigenvalue weighted by Crippen LogP contribution is 2.27. The number of rotatable bonds is 5. The Hall–Kier alpha value is -3.19. The predicted octanol–water partition coefficient (Wildman–Crippen LogP) is 4.72. The van der Waals surface area contributed by atoms with Crippen LogP contribution >= 0.6 is 0 Å². The molecule has 1 aliphatic heterocycles. The maximum Gasteiger partial charge on any atom is 0.322 e. The van der Waals surface area contributed by atoms with Crippen molar-refractivity contribution in [3.63, 3.8) is 0 Å². The molecule has 1 fully saturated rings. The first kappa shape index (κ1) is 24.0. The van der Waals surface area contributed by atoms with Crippen molar-refractivity contribution >= 4 is 22.6 Å². The topological polar surface area (TPSA) is 70.5 Å². The Kier molecular flexibility index (Phi) is 7.03. The van der Waals surface area contributed by atoms with Gasteiger partial charge in [0.1, 0.15) is 5.82 Å². The van der Waals surface area contributed by atoms with E-state index in [0.29, 0.717) is 18.5 Å². The van der Waals surface area contributed by atoms with Crippen LogP contribution in [0.4, 0.5) is 10.5 Å². The van der Waals surface area contributed by atoms with Crippen LogP contribution in [0, 0.1) is 13.8 Å². The molecule has 2 heterocycles. The summed E-state index contributed by atoms with van der Waals surface area (Å²) in [5.74, 6) is 0.814. The Bertz CT molecular complexity index is 1230. The minimum atomic E-state index is -0.0631. The van der Waals surface area contributed by atoms with Gasteiger partial charge in [0.15, 0.2) is 0 Å². The Morgan fingerprint density at radius 3 is 2.44 bits per heavy atom. The summed E-state index contributed by atoms with van der Waals surface area (Å²) in [6.07, 6.45) is 0.839. The van der Waals surface area contributed by atoms with Crippen LogP contribution in [0.5, 0.6) is 0 Å². The lowest BCUT2D eigenvalue weighted by atomic mass is 10.1. The maximum absolute atomic E-state index is 13.2. The zero-order chi connectivity index (χ0) is 24.4. The van der Waals surface area contributed by atoms with Gasteiger partial charge in [0.05, 0.1) is 16.9 Å². The third-order valence-electron chi connectivity index (χ3n) is 6.97. The second kappa shape index (κ2) is 9.97. The molecule has 0 spiro atoms. The number of fused-ring (bicyclic) bond motifs is 1. The van der Waals surface area contributed by atoms with Gasteiger partial charge in [0.2, 0.25) is 0 Å². The molecule has 0 bridgehead atoms. The molecular weight excluding hydrogens is 426 g/mol. The van der Waals surface area contributed by atoms with Crippen LogP contribution in [0.25, 0.3) is 10.9 Å². The largest absolute Gasteiger partial charge is 0.322 e. The van der Waals surface area contributed by atoms with Crippen molar-refractivity contribution < 1.29 is 4.79 Å². The van der Waals surface area contributed by atoms with Gasteiger partial charge in [-0.15, -0.1) is 0 Å². The molecule has 0 radical (unpaired) electrons. The van der Waals surface area contributed by atoms with E-state index >= 15 is 0 Å². The van der Waals surface area contributed by atoms with Crippen molar-refractivity contribution in [3.8, 4) is 0 Å². The summed E-state index contributed by atoms with van der Waals surface area (Å²) in [5, 5.41) is 3.78. The fraction of sp³-hybridized carbons (Fsp3) is 0.444. The Morgan fingerprint density at radius 2 is 1.79 bits per heavy atom. The maximum atomic E-state index is 13.2. The fourth-order valence-corrected chi connectivity index (χ4v) is 5.11. The minimum absolute atomic E-state index is 0.0150. The van der Waals surface area contributed by atoms with Crippen LogP contribution in [-0.2, 0) is 6.54 Å². The number of urea groups is 1. The number of anilines is 1. The zero-order valence-corrected chi connectivity index (χ0v) is 20.8. The number of hydrogen-bond acceptors (Lipinski definition) is 4. The normalized spacial score (nSPS) is 17.7. The van der Waals surface area contributed by atoms with E-state index in [1.165, 1.54) is 0 Å². The fourth-order valence-electron chi connectivity index (χ4n) is 5.11. The van der Waals surface area contributed by atoms with E-state index in [1.807, 2.05) is 68.1 Å². The molecule has 1 aliphatic rings. The van der Waals surface area contributed by atoms with Gasteiger partial charge in [0, 0.05) is 37.9 Å². The van der Waals surface area contributed by atoms with E-state index in [0.717, 1.165) is 47.7 Å². The summed E-state index contributed by atoms with van der Waals surface area (Å²) in [7, 11) is 0. The zero-order valence-electron chi connectivity index (χ0n) is 20.8. The summed E-state index contributed by atoms with van der Waals surface area (Å²) >= 11 is 0. The SMILES string of the molecule is CCC(c1nc2ccccc2c(=O)n1CC)N1CCN(C(=O)Nc2c(C)cccc2C)C(C)C1. The van der Waals surface area contributed by atoms with Gasteiger partial charge >= 0.3 is 6.03 Å². The first-order valence-electron chi connectivity index (χ1n) is 12.2. The molecule has 7 heteroatoms. The molecule has 2 atom stereocenters. The molecule has 2 amide bonds. The first-order valence-corrected chi connectivity index (χ1v) is 12.2. The van der Waals surface area contributed by atoms with E-state index in [2.05, 4.69) is 24.1 Å². The average Bonchev–Trinajstić information content (AvgIpc) is 2.82. The molecule has 0 aliphatic carbocycles. The lowest BCUT2D eigenvalue weighted by molar-refractivity contribution is 0.0718. The van der Waals surface area contributed by atoms with Gasteiger partial charge in [-0.05, 0) is 57.4 Å². The molecule has 1 N–H and O–H groups in total. The van der Waals surface area contributed by atoms with E-state index in [9.17, 15) is 9.59 Å². The summed E-state index contributed by atoms with van der Waals surface area (Å²) in [6, 6.07) is 13.6. The Morgan fingerprint density at radius 1 is 1.09 bits per heavy atom. The van der Waals surface area contributed by atoms with Gasteiger partial charge in [-0.25, -0.2) is 9.78 Å². The van der Waals surface area contributed by atoms with E-state index in [-0.39, 0.29) is 23.7 Å². The first-order chi connectivity index (χ1) is 16.3. The molecule has 34 heavy (non-hydrogen) atoms. The number of nitrogens with one attached hydrogen (secondary N) is 1. The highest BCUT2D eigenvalue weighted by Gasteiger charge is 2.33. The highest BCUT2D eigenvalue weighted by molar-refractivity contribution is 5.91. The summed E-state index contributed by atoms with van der Waals surface area (Å²) in [5.41, 5.74) is 3.77. The van der Waals surface area contributed by atoms with Crippen LogP contribution in [0.3, 0.4) is 0 Å². The lowest BCUT2D eigenvalue weighted by Gasteiger charge is -2.43. The molecule has 4 rings (SSSR count). The Labute approximate surface area is 201 Å².